The van der Waals surface area contributed by atoms with Crippen LogP contribution in [0.5, 0.6) is 0 Å². The van der Waals surface area contributed by atoms with Crippen LogP contribution >= 0.6 is 11.6 Å². The van der Waals surface area contributed by atoms with Crippen LogP contribution in [0.15, 0.2) is 41.3 Å². The van der Waals surface area contributed by atoms with E-state index in [1.165, 1.54) is 18.2 Å². The third-order valence-corrected chi connectivity index (χ3v) is 4.75. The highest BCUT2D eigenvalue weighted by atomic mass is 35.5. The fraction of sp³-hybridized carbons (Fsp3) is 0.188. The Kier molecular flexibility index (Phi) is 5.15. The minimum atomic E-state index is -4.53. The Morgan fingerprint density at radius 3 is 2.32 bits per heavy atom. The van der Waals surface area contributed by atoms with E-state index in [9.17, 15) is 26.4 Å². The number of benzene rings is 2. The molecule has 0 unspecified atom stereocenters. The van der Waals surface area contributed by atoms with Crippen molar-refractivity contribution >= 4 is 38.1 Å². The molecule has 0 radical (unpaired) electrons. The Morgan fingerprint density at radius 2 is 1.80 bits per heavy atom. The monoisotopic (exact) mass is 391 g/mol. The molecule has 0 spiro atoms. The van der Waals surface area contributed by atoms with E-state index in [1.807, 2.05) is 0 Å². The van der Waals surface area contributed by atoms with Gasteiger partial charge in [0.05, 0.1) is 16.1 Å². The maximum Gasteiger partial charge on any atom is 0.416 e. The van der Waals surface area contributed by atoms with Crippen molar-refractivity contribution in [3.05, 3.63) is 53.1 Å². The van der Waals surface area contributed by atoms with Gasteiger partial charge in [-0.3, -0.25) is 4.79 Å². The lowest BCUT2D eigenvalue weighted by atomic mass is 10.1. The molecular weight excluding hydrogens is 379 g/mol. The summed E-state index contributed by atoms with van der Waals surface area (Å²) in [6.45, 7) is 1.54. The van der Waals surface area contributed by atoms with Gasteiger partial charge in [0.1, 0.15) is 0 Å². The summed E-state index contributed by atoms with van der Waals surface area (Å²) in [4.78, 5) is 11.2. The Balaban J connectivity index is 2.57. The van der Waals surface area contributed by atoms with E-state index in [2.05, 4.69) is 5.32 Å². The summed E-state index contributed by atoms with van der Waals surface area (Å²) >= 11 is 5.43. The topological polar surface area (TPSA) is 63.2 Å². The van der Waals surface area contributed by atoms with Crippen LogP contribution < -0.4 is 5.32 Å². The first-order valence-electron chi connectivity index (χ1n) is 6.88. The van der Waals surface area contributed by atoms with Gasteiger partial charge in [0.25, 0.3) is 5.24 Å². The lowest BCUT2D eigenvalue weighted by molar-refractivity contribution is -0.137. The van der Waals surface area contributed by atoms with E-state index >= 15 is 0 Å². The van der Waals surface area contributed by atoms with Gasteiger partial charge in [0.2, 0.25) is 0 Å². The number of alkyl halides is 3. The van der Waals surface area contributed by atoms with Gasteiger partial charge in [0.15, 0.2) is 9.84 Å². The highest BCUT2D eigenvalue weighted by molar-refractivity contribution is 7.90. The number of hydrogen-bond acceptors (Lipinski definition) is 4. The molecular formula is C16H13ClF3NO3S. The van der Waals surface area contributed by atoms with Gasteiger partial charge in [-0.2, -0.15) is 13.2 Å². The van der Waals surface area contributed by atoms with Gasteiger partial charge in [0, 0.05) is 17.5 Å². The van der Waals surface area contributed by atoms with Gasteiger partial charge < -0.3 is 5.32 Å². The summed E-state index contributed by atoms with van der Waals surface area (Å²) in [5.74, 6) is 0. The summed E-state index contributed by atoms with van der Waals surface area (Å²) in [6, 6.07) is 6.80. The standard InChI is InChI=1S/C16H13ClF3NO3S/c1-9-6-13(14(25(2,23)24)8-12(9)15(17)22)21-11-5-3-4-10(7-11)16(18,19)20/h3-8,21H,1-2H3. The molecule has 2 rings (SSSR count). The summed E-state index contributed by atoms with van der Waals surface area (Å²) in [7, 11) is -3.76. The van der Waals surface area contributed by atoms with Crippen molar-refractivity contribution in [2.45, 2.75) is 18.0 Å². The molecule has 0 amide bonds. The van der Waals surface area contributed by atoms with Crippen LogP contribution in [0.2, 0.25) is 0 Å². The van der Waals surface area contributed by atoms with Crippen LogP contribution in [0, 0.1) is 6.92 Å². The van der Waals surface area contributed by atoms with Crippen molar-refractivity contribution in [3.63, 3.8) is 0 Å². The van der Waals surface area contributed by atoms with E-state index in [-0.39, 0.29) is 21.8 Å². The van der Waals surface area contributed by atoms with E-state index in [4.69, 9.17) is 11.6 Å². The SMILES string of the molecule is Cc1cc(Nc2cccc(C(F)(F)F)c2)c(S(C)(=O)=O)cc1C(=O)Cl. The second-order valence-electron chi connectivity index (χ2n) is 5.41. The van der Waals surface area contributed by atoms with Crippen molar-refractivity contribution in [3.8, 4) is 0 Å². The summed E-state index contributed by atoms with van der Waals surface area (Å²) in [5.41, 5.74) is -0.355. The number of aryl methyl sites for hydroxylation is 1. The van der Waals surface area contributed by atoms with Crippen LogP contribution in [-0.4, -0.2) is 19.9 Å². The average Bonchev–Trinajstić information content (AvgIpc) is 2.45. The Morgan fingerprint density at radius 1 is 1.16 bits per heavy atom. The second-order valence-corrected chi connectivity index (χ2v) is 7.74. The number of carbonyl (C=O) groups excluding carboxylic acids is 1. The Bertz CT molecular complexity index is 940. The second kappa shape index (κ2) is 6.68. The molecule has 0 saturated heterocycles. The molecule has 134 valence electrons. The summed E-state index contributed by atoms with van der Waals surface area (Å²) < 4.78 is 62.4. The van der Waals surface area contributed by atoms with Crippen LogP contribution in [-0.2, 0) is 16.0 Å². The maximum atomic E-state index is 12.8. The molecule has 0 saturated carbocycles. The van der Waals surface area contributed by atoms with Gasteiger partial charge in [-0.25, -0.2) is 8.42 Å². The first-order valence-corrected chi connectivity index (χ1v) is 9.15. The molecule has 2 aromatic rings. The smallest absolute Gasteiger partial charge is 0.354 e. The third-order valence-electron chi connectivity index (χ3n) is 3.41. The largest absolute Gasteiger partial charge is 0.416 e. The van der Waals surface area contributed by atoms with E-state index in [1.54, 1.807) is 6.92 Å². The number of halogens is 4. The Labute approximate surface area is 147 Å². The molecule has 0 aromatic heterocycles. The number of carbonyl (C=O) groups is 1. The highest BCUT2D eigenvalue weighted by Gasteiger charge is 2.30. The lowest BCUT2D eigenvalue weighted by Crippen LogP contribution is -2.08. The molecule has 0 aliphatic carbocycles. The number of sulfone groups is 1. The number of rotatable bonds is 4. The van der Waals surface area contributed by atoms with Crippen molar-refractivity contribution < 1.29 is 26.4 Å². The highest BCUT2D eigenvalue weighted by Crippen LogP contribution is 2.33. The molecule has 0 bridgehead atoms. The first kappa shape index (κ1) is 19.3. The van der Waals surface area contributed by atoms with E-state index in [0.29, 0.717) is 5.56 Å². The van der Waals surface area contributed by atoms with Crippen molar-refractivity contribution in [2.75, 3.05) is 11.6 Å². The van der Waals surface area contributed by atoms with Crippen LogP contribution in [0.4, 0.5) is 24.5 Å². The van der Waals surface area contributed by atoms with Crippen molar-refractivity contribution in [1.29, 1.82) is 0 Å². The number of hydrogen-bond donors (Lipinski definition) is 1. The van der Waals surface area contributed by atoms with Crippen LogP contribution in [0.25, 0.3) is 0 Å². The van der Waals surface area contributed by atoms with Gasteiger partial charge >= 0.3 is 6.18 Å². The van der Waals surface area contributed by atoms with Gasteiger partial charge in [-0.05, 0) is 54.4 Å². The van der Waals surface area contributed by atoms with E-state index < -0.39 is 26.8 Å². The molecule has 4 nitrogen and oxygen atoms in total. The molecule has 0 atom stereocenters. The fourth-order valence-corrected chi connectivity index (χ4v) is 3.28. The van der Waals surface area contributed by atoms with Crippen LogP contribution in [0.3, 0.4) is 0 Å². The summed E-state index contributed by atoms with van der Waals surface area (Å²) in [5, 5.41) is 1.84. The maximum absolute atomic E-state index is 12.8. The van der Waals surface area contributed by atoms with Crippen molar-refractivity contribution in [1.82, 2.24) is 0 Å². The summed E-state index contributed by atoms with van der Waals surface area (Å²) in [6.07, 6.45) is -3.60. The van der Waals surface area contributed by atoms with Crippen molar-refractivity contribution in [2.24, 2.45) is 0 Å². The molecule has 0 aliphatic heterocycles. The molecule has 25 heavy (non-hydrogen) atoms. The Hall–Kier alpha value is -2.06. The molecule has 1 N–H and O–H groups in total. The van der Waals surface area contributed by atoms with Crippen LogP contribution in [0.1, 0.15) is 21.5 Å². The quantitative estimate of drug-likeness (QED) is 0.777. The number of anilines is 2. The molecule has 0 heterocycles. The molecule has 2 aromatic carbocycles. The van der Waals surface area contributed by atoms with Gasteiger partial charge in [-0.15, -0.1) is 0 Å². The minimum Gasteiger partial charge on any atom is -0.354 e. The lowest BCUT2D eigenvalue weighted by Gasteiger charge is -2.15. The zero-order valence-corrected chi connectivity index (χ0v) is 14.7. The third kappa shape index (κ3) is 4.52. The zero-order chi connectivity index (χ0) is 19.0. The number of nitrogens with one attached hydrogen (secondary N) is 1. The molecule has 0 fully saturated rings. The molecule has 9 heteroatoms. The fourth-order valence-electron chi connectivity index (χ4n) is 2.23. The predicted octanol–water partition coefficient (Wildman–Crippen LogP) is 4.54. The zero-order valence-electron chi connectivity index (χ0n) is 13.1. The molecule has 0 aliphatic rings. The van der Waals surface area contributed by atoms with E-state index in [0.717, 1.165) is 24.5 Å². The predicted molar refractivity (Wildman–Crippen MR) is 89.2 cm³/mol. The normalized spacial score (nSPS) is 12.1. The van der Waals surface area contributed by atoms with Gasteiger partial charge in [-0.1, -0.05) is 6.07 Å². The first-order chi connectivity index (χ1) is 11.4. The average molecular weight is 392 g/mol. The minimum absolute atomic E-state index is 0.0108.